The molecule has 2 aromatic carbocycles. The van der Waals surface area contributed by atoms with Gasteiger partial charge in [-0.25, -0.2) is 0 Å². The predicted molar refractivity (Wildman–Crippen MR) is 116 cm³/mol. The number of nitrogens with one attached hydrogen (secondary N) is 2. The van der Waals surface area contributed by atoms with E-state index in [1.807, 2.05) is 30.5 Å². The highest BCUT2D eigenvalue weighted by Crippen LogP contribution is 2.37. The molecule has 1 aromatic heterocycles. The van der Waals surface area contributed by atoms with Crippen LogP contribution in [0.4, 0.5) is 5.69 Å². The molecule has 0 aliphatic heterocycles. The van der Waals surface area contributed by atoms with Crippen molar-refractivity contribution in [1.29, 1.82) is 0 Å². The fourth-order valence-corrected chi connectivity index (χ4v) is 4.07. The van der Waals surface area contributed by atoms with Crippen molar-refractivity contribution in [2.75, 3.05) is 17.3 Å². The number of thioether (sulfide) groups is 1. The molecule has 6 heteroatoms. The summed E-state index contributed by atoms with van der Waals surface area (Å²) < 4.78 is 5.13. The van der Waals surface area contributed by atoms with Crippen molar-refractivity contribution in [3.8, 4) is 11.1 Å². The van der Waals surface area contributed by atoms with Gasteiger partial charge in [0.1, 0.15) is 6.04 Å². The van der Waals surface area contributed by atoms with E-state index < -0.39 is 6.04 Å². The lowest BCUT2D eigenvalue weighted by Gasteiger charge is -2.18. The van der Waals surface area contributed by atoms with Gasteiger partial charge in [-0.3, -0.25) is 9.59 Å². The minimum absolute atomic E-state index is 0.197. The van der Waals surface area contributed by atoms with Gasteiger partial charge in [0.15, 0.2) is 5.76 Å². The summed E-state index contributed by atoms with van der Waals surface area (Å²) in [6.07, 6.45) is 4.81. The van der Waals surface area contributed by atoms with Crippen LogP contribution in [0, 0.1) is 0 Å². The van der Waals surface area contributed by atoms with E-state index in [0.29, 0.717) is 6.42 Å². The number of rotatable bonds is 7. The summed E-state index contributed by atoms with van der Waals surface area (Å²) >= 11 is 1.63. The molecule has 148 valence electrons. The van der Waals surface area contributed by atoms with Gasteiger partial charge in [0.25, 0.3) is 5.91 Å². The molecule has 0 saturated heterocycles. The van der Waals surface area contributed by atoms with E-state index in [1.165, 1.54) is 28.5 Å². The minimum Gasteiger partial charge on any atom is -0.459 e. The fraction of sp³-hybridized carbons (Fsp3) is 0.217. The standard InChI is InChI=1S/C23H22N2O3S/c1-29-12-10-20(25-23(27)21-7-4-11-28-21)22(26)24-17-8-9-19-16(14-17)13-15-5-2-3-6-18(15)19/h2-9,11,14,20H,10,12-13H2,1H3,(H,24,26)(H,25,27). The second kappa shape index (κ2) is 8.57. The molecule has 2 amide bonds. The molecule has 4 rings (SSSR count). The van der Waals surface area contributed by atoms with Crippen molar-refractivity contribution in [3.05, 3.63) is 77.7 Å². The third-order valence-electron chi connectivity index (χ3n) is 5.04. The third kappa shape index (κ3) is 4.22. The van der Waals surface area contributed by atoms with Crippen LogP contribution in [0.2, 0.25) is 0 Å². The minimum atomic E-state index is -0.634. The lowest BCUT2D eigenvalue weighted by atomic mass is 10.1. The summed E-state index contributed by atoms with van der Waals surface area (Å²) in [4.78, 5) is 25.2. The maximum atomic E-state index is 12.9. The molecule has 0 spiro atoms. The number of carbonyl (C=O) groups excluding carboxylic acids is 2. The molecular formula is C23H22N2O3S. The van der Waals surface area contributed by atoms with Gasteiger partial charge in [0.05, 0.1) is 6.26 Å². The van der Waals surface area contributed by atoms with E-state index in [0.717, 1.165) is 17.9 Å². The molecule has 1 heterocycles. The Balaban J connectivity index is 1.47. The molecule has 0 fully saturated rings. The van der Waals surface area contributed by atoms with Crippen LogP contribution in [0.5, 0.6) is 0 Å². The van der Waals surface area contributed by atoms with E-state index in [4.69, 9.17) is 4.42 Å². The molecule has 5 nitrogen and oxygen atoms in total. The summed E-state index contributed by atoms with van der Waals surface area (Å²) in [5, 5.41) is 5.75. The second-order valence-corrected chi connectivity index (χ2v) is 7.97. The number of hydrogen-bond acceptors (Lipinski definition) is 4. The Labute approximate surface area is 173 Å². The van der Waals surface area contributed by atoms with Crippen LogP contribution in [0.15, 0.2) is 65.3 Å². The zero-order chi connectivity index (χ0) is 20.2. The SMILES string of the molecule is CSCCC(NC(=O)c1ccco1)C(=O)Nc1ccc2c(c1)Cc1ccccc1-2. The van der Waals surface area contributed by atoms with Crippen LogP contribution in [0.1, 0.15) is 28.1 Å². The number of hydrogen-bond donors (Lipinski definition) is 2. The topological polar surface area (TPSA) is 71.3 Å². The van der Waals surface area contributed by atoms with Gasteiger partial charge in [-0.05, 0) is 71.4 Å². The molecule has 1 unspecified atom stereocenters. The van der Waals surface area contributed by atoms with Crippen LogP contribution in [0.25, 0.3) is 11.1 Å². The first-order valence-electron chi connectivity index (χ1n) is 9.51. The highest BCUT2D eigenvalue weighted by atomic mass is 32.2. The molecule has 29 heavy (non-hydrogen) atoms. The van der Waals surface area contributed by atoms with Crippen molar-refractivity contribution in [2.45, 2.75) is 18.9 Å². The zero-order valence-corrected chi connectivity index (χ0v) is 16.9. The Morgan fingerprint density at radius 1 is 1.07 bits per heavy atom. The Morgan fingerprint density at radius 3 is 2.69 bits per heavy atom. The van der Waals surface area contributed by atoms with Crippen molar-refractivity contribution < 1.29 is 14.0 Å². The summed E-state index contributed by atoms with van der Waals surface area (Å²) in [6, 6.07) is 16.9. The third-order valence-corrected chi connectivity index (χ3v) is 5.68. The Hall–Kier alpha value is -2.99. The van der Waals surface area contributed by atoms with Crippen LogP contribution in [-0.2, 0) is 11.2 Å². The number of carbonyl (C=O) groups is 2. The van der Waals surface area contributed by atoms with Gasteiger partial charge in [0.2, 0.25) is 5.91 Å². The smallest absolute Gasteiger partial charge is 0.287 e. The van der Waals surface area contributed by atoms with Gasteiger partial charge in [0, 0.05) is 5.69 Å². The van der Waals surface area contributed by atoms with Crippen molar-refractivity contribution in [3.63, 3.8) is 0 Å². The van der Waals surface area contributed by atoms with E-state index in [2.05, 4.69) is 28.8 Å². The molecule has 1 atom stereocenters. The average molecular weight is 407 g/mol. The lowest BCUT2D eigenvalue weighted by molar-refractivity contribution is -0.118. The quantitative estimate of drug-likeness (QED) is 0.479. The number of furan rings is 1. The first-order valence-corrected chi connectivity index (χ1v) is 10.9. The van der Waals surface area contributed by atoms with Crippen LogP contribution in [-0.4, -0.2) is 29.9 Å². The first kappa shape index (κ1) is 19.3. The van der Waals surface area contributed by atoms with Gasteiger partial charge in [-0.1, -0.05) is 30.3 Å². The molecule has 1 aliphatic rings. The van der Waals surface area contributed by atoms with E-state index in [1.54, 1.807) is 23.9 Å². The molecule has 2 N–H and O–H groups in total. The average Bonchev–Trinajstić information content (AvgIpc) is 3.38. The largest absolute Gasteiger partial charge is 0.459 e. The van der Waals surface area contributed by atoms with E-state index in [-0.39, 0.29) is 17.6 Å². The van der Waals surface area contributed by atoms with Crippen LogP contribution < -0.4 is 10.6 Å². The summed E-state index contributed by atoms with van der Waals surface area (Å²) in [7, 11) is 0. The molecule has 3 aromatic rings. The van der Waals surface area contributed by atoms with E-state index in [9.17, 15) is 9.59 Å². The highest BCUT2D eigenvalue weighted by Gasteiger charge is 2.23. The second-order valence-electron chi connectivity index (χ2n) is 6.98. The summed E-state index contributed by atoms with van der Waals surface area (Å²) in [5.41, 5.74) is 5.70. The van der Waals surface area contributed by atoms with Crippen LogP contribution in [0.3, 0.4) is 0 Å². The summed E-state index contributed by atoms with van der Waals surface area (Å²) in [6.45, 7) is 0. The maximum absolute atomic E-state index is 12.9. The highest BCUT2D eigenvalue weighted by molar-refractivity contribution is 7.98. The van der Waals surface area contributed by atoms with Crippen molar-refractivity contribution in [2.24, 2.45) is 0 Å². The number of fused-ring (bicyclic) bond motifs is 3. The molecule has 0 saturated carbocycles. The Morgan fingerprint density at radius 2 is 1.90 bits per heavy atom. The number of anilines is 1. The Kier molecular flexibility index (Phi) is 5.71. The van der Waals surface area contributed by atoms with Gasteiger partial charge in [-0.2, -0.15) is 11.8 Å². The monoisotopic (exact) mass is 406 g/mol. The molecule has 0 radical (unpaired) electrons. The maximum Gasteiger partial charge on any atom is 0.287 e. The molecule has 0 bridgehead atoms. The van der Waals surface area contributed by atoms with Crippen molar-refractivity contribution in [1.82, 2.24) is 5.32 Å². The lowest BCUT2D eigenvalue weighted by Crippen LogP contribution is -2.44. The zero-order valence-electron chi connectivity index (χ0n) is 16.1. The summed E-state index contributed by atoms with van der Waals surface area (Å²) in [5.74, 6) is 0.341. The van der Waals surface area contributed by atoms with Crippen LogP contribution >= 0.6 is 11.8 Å². The number of amides is 2. The number of benzene rings is 2. The van der Waals surface area contributed by atoms with Gasteiger partial charge < -0.3 is 15.1 Å². The first-order chi connectivity index (χ1) is 14.2. The molecular weight excluding hydrogens is 384 g/mol. The van der Waals surface area contributed by atoms with Crippen molar-refractivity contribution >= 4 is 29.3 Å². The normalized spacial score (nSPS) is 12.7. The van der Waals surface area contributed by atoms with E-state index >= 15 is 0 Å². The van der Waals surface area contributed by atoms with Gasteiger partial charge >= 0.3 is 0 Å². The predicted octanol–water partition coefficient (Wildman–Crippen LogP) is 4.34. The Bertz CT molecular complexity index is 1030. The van der Waals surface area contributed by atoms with Gasteiger partial charge in [-0.15, -0.1) is 0 Å². The fourth-order valence-electron chi connectivity index (χ4n) is 3.59. The molecule has 1 aliphatic carbocycles.